The van der Waals surface area contributed by atoms with Gasteiger partial charge in [0, 0.05) is 26.1 Å². The van der Waals surface area contributed by atoms with Crippen molar-refractivity contribution in [3.63, 3.8) is 0 Å². The molecule has 2 rings (SSSR count). The van der Waals surface area contributed by atoms with E-state index in [9.17, 15) is 9.59 Å². The summed E-state index contributed by atoms with van der Waals surface area (Å²) in [5.74, 6) is 0.574. The van der Waals surface area contributed by atoms with Gasteiger partial charge in [-0.3, -0.25) is 9.59 Å². The van der Waals surface area contributed by atoms with Gasteiger partial charge in [-0.25, -0.2) is 0 Å². The molecule has 0 spiro atoms. The van der Waals surface area contributed by atoms with E-state index >= 15 is 0 Å². The molecular formula is C15H24N2O3. The van der Waals surface area contributed by atoms with Gasteiger partial charge >= 0.3 is 0 Å². The number of likely N-dealkylation sites (tertiary alicyclic amines) is 1. The Morgan fingerprint density at radius 1 is 1.50 bits per heavy atom. The Balaban J connectivity index is 1.62. The Kier molecular flexibility index (Phi) is 5.17. The molecule has 5 nitrogen and oxygen atoms in total. The summed E-state index contributed by atoms with van der Waals surface area (Å²) in [5.41, 5.74) is 0.966. The number of hydrogen-bond acceptors (Lipinski definition) is 3. The van der Waals surface area contributed by atoms with Crippen LogP contribution in [-0.2, 0) is 14.3 Å². The van der Waals surface area contributed by atoms with Gasteiger partial charge in [0.2, 0.25) is 11.8 Å². The molecule has 1 heterocycles. The highest BCUT2D eigenvalue weighted by atomic mass is 16.5. The summed E-state index contributed by atoms with van der Waals surface area (Å²) in [6, 6.07) is 0. The fourth-order valence-electron chi connectivity index (χ4n) is 2.37. The number of ether oxygens (including phenoxy) is 1. The lowest BCUT2D eigenvalue weighted by Crippen LogP contribution is -2.35. The molecule has 0 aromatic heterocycles. The molecule has 112 valence electrons. The smallest absolute Gasteiger partial charge is 0.225 e. The highest BCUT2D eigenvalue weighted by molar-refractivity contribution is 5.89. The minimum Gasteiger partial charge on any atom is -0.375 e. The zero-order valence-electron chi connectivity index (χ0n) is 12.2. The lowest BCUT2D eigenvalue weighted by atomic mass is 10.1. The van der Waals surface area contributed by atoms with Crippen molar-refractivity contribution in [3.05, 3.63) is 12.2 Å². The summed E-state index contributed by atoms with van der Waals surface area (Å²) < 4.78 is 5.32. The molecule has 1 unspecified atom stereocenters. The number of rotatable bonds is 8. The second kappa shape index (κ2) is 6.88. The Labute approximate surface area is 120 Å². The number of amides is 2. The fourth-order valence-corrected chi connectivity index (χ4v) is 2.37. The summed E-state index contributed by atoms with van der Waals surface area (Å²) in [6.45, 7) is 8.54. The van der Waals surface area contributed by atoms with Gasteiger partial charge in [-0.1, -0.05) is 12.2 Å². The molecule has 1 N–H and O–H groups in total. The van der Waals surface area contributed by atoms with Crippen molar-refractivity contribution in [2.75, 3.05) is 32.8 Å². The summed E-state index contributed by atoms with van der Waals surface area (Å²) >= 11 is 0. The van der Waals surface area contributed by atoms with E-state index in [-0.39, 0.29) is 17.7 Å². The summed E-state index contributed by atoms with van der Waals surface area (Å²) in [6.07, 6.45) is 2.80. The van der Waals surface area contributed by atoms with Crippen LogP contribution in [0.15, 0.2) is 12.2 Å². The molecule has 2 aliphatic rings. The zero-order chi connectivity index (χ0) is 14.5. The molecule has 1 aliphatic carbocycles. The van der Waals surface area contributed by atoms with E-state index in [1.54, 1.807) is 0 Å². The van der Waals surface area contributed by atoms with Crippen LogP contribution >= 0.6 is 0 Å². The molecule has 0 aromatic carbocycles. The highest BCUT2D eigenvalue weighted by Gasteiger charge is 2.36. The van der Waals surface area contributed by atoms with Crippen LogP contribution in [0.25, 0.3) is 0 Å². The molecule has 1 atom stereocenters. The monoisotopic (exact) mass is 280 g/mol. The van der Waals surface area contributed by atoms with Crippen molar-refractivity contribution in [2.45, 2.75) is 26.2 Å². The second-order valence-electron chi connectivity index (χ2n) is 5.94. The normalized spacial score (nSPS) is 22.1. The highest BCUT2D eigenvalue weighted by Crippen LogP contribution is 2.31. The summed E-state index contributed by atoms with van der Waals surface area (Å²) in [7, 11) is 0. The molecule has 1 aliphatic heterocycles. The third-order valence-corrected chi connectivity index (χ3v) is 3.65. The van der Waals surface area contributed by atoms with Gasteiger partial charge in [0.25, 0.3) is 0 Å². The van der Waals surface area contributed by atoms with Gasteiger partial charge in [-0.2, -0.15) is 0 Å². The topological polar surface area (TPSA) is 58.6 Å². The number of nitrogens with one attached hydrogen (secondary N) is 1. The number of carbonyl (C=O) groups is 2. The van der Waals surface area contributed by atoms with E-state index in [1.165, 1.54) is 12.8 Å². The van der Waals surface area contributed by atoms with Crippen molar-refractivity contribution in [3.8, 4) is 0 Å². The average Bonchev–Trinajstić information content (AvgIpc) is 3.12. The number of carbonyl (C=O) groups excluding carboxylic acids is 2. The molecule has 0 bridgehead atoms. The van der Waals surface area contributed by atoms with Crippen molar-refractivity contribution >= 4 is 11.8 Å². The van der Waals surface area contributed by atoms with E-state index < -0.39 is 0 Å². The molecular weight excluding hydrogens is 256 g/mol. The van der Waals surface area contributed by atoms with Crippen LogP contribution in [0.4, 0.5) is 0 Å². The largest absolute Gasteiger partial charge is 0.375 e. The second-order valence-corrected chi connectivity index (χ2v) is 5.94. The Morgan fingerprint density at radius 2 is 2.25 bits per heavy atom. The van der Waals surface area contributed by atoms with Crippen LogP contribution in [0.5, 0.6) is 0 Å². The minimum atomic E-state index is -0.192. The SMILES string of the molecule is C=C(C)COCCNC(=O)C1CC(=O)N(CC2CC2)C1. The van der Waals surface area contributed by atoms with E-state index in [0.29, 0.717) is 38.6 Å². The fraction of sp³-hybridized carbons (Fsp3) is 0.733. The van der Waals surface area contributed by atoms with Crippen LogP contribution < -0.4 is 5.32 Å². The van der Waals surface area contributed by atoms with E-state index in [0.717, 1.165) is 12.1 Å². The Bertz CT molecular complexity index is 391. The predicted octanol–water partition coefficient (Wildman–Crippen LogP) is 0.954. The van der Waals surface area contributed by atoms with E-state index in [2.05, 4.69) is 11.9 Å². The van der Waals surface area contributed by atoms with Crippen molar-refractivity contribution in [2.24, 2.45) is 11.8 Å². The molecule has 1 saturated heterocycles. The summed E-state index contributed by atoms with van der Waals surface area (Å²) in [4.78, 5) is 25.6. The molecule has 5 heteroatoms. The quantitative estimate of drug-likeness (QED) is 0.532. The molecule has 20 heavy (non-hydrogen) atoms. The van der Waals surface area contributed by atoms with E-state index in [1.807, 2.05) is 11.8 Å². The molecule has 1 saturated carbocycles. The van der Waals surface area contributed by atoms with Crippen LogP contribution in [0.3, 0.4) is 0 Å². The first kappa shape index (κ1) is 15.0. The van der Waals surface area contributed by atoms with Crippen LogP contribution in [-0.4, -0.2) is 49.6 Å². The Hall–Kier alpha value is -1.36. The van der Waals surface area contributed by atoms with Crippen LogP contribution in [0, 0.1) is 11.8 Å². The van der Waals surface area contributed by atoms with Gasteiger partial charge in [-0.05, 0) is 25.7 Å². The van der Waals surface area contributed by atoms with Gasteiger partial charge in [-0.15, -0.1) is 0 Å². The molecule has 2 fully saturated rings. The number of hydrogen-bond donors (Lipinski definition) is 1. The lowest BCUT2D eigenvalue weighted by Gasteiger charge is -2.16. The Morgan fingerprint density at radius 3 is 2.90 bits per heavy atom. The lowest BCUT2D eigenvalue weighted by molar-refractivity contribution is -0.129. The standard InChI is InChI=1S/C15H24N2O3/c1-11(2)10-20-6-5-16-15(19)13-7-14(18)17(9-13)8-12-3-4-12/h12-13H,1,3-10H2,2H3,(H,16,19). The number of nitrogens with zero attached hydrogens (tertiary/aromatic N) is 1. The van der Waals surface area contributed by atoms with Crippen LogP contribution in [0.1, 0.15) is 26.2 Å². The maximum absolute atomic E-state index is 12.0. The van der Waals surface area contributed by atoms with Gasteiger partial charge in [0.15, 0.2) is 0 Å². The van der Waals surface area contributed by atoms with E-state index in [4.69, 9.17) is 4.74 Å². The third kappa shape index (κ3) is 4.63. The van der Waals surface area contributed by atoms with Crippen LogP contribution in [0.2, 0.25) is 0 Å². The van der Waals surface area contributed by atoms with Crippen molar-refractivity contribution in [1.29, 1.82) is 0 Å². The minimum absolute atomic E-state index is 0.0319. The maximum atomic E-state index is 12.0. The summed E-state index contributed by atoms with van der Waals surface area (Å²) in [5, 5.41) is 2.84. The molecule has 2 amide bonds. The zero-order valence-corrected chi connectivity index (χ0v) is 12.2. The van der Waals surface area contributed by atoms with Gasteiger partial charge in [0.1, 0.15) is 0 Å². The van der Waals surface area contributed by atoms with Gasteiger partial charge < -0.3 is 15.0 Å². The molecule has 0 aromatic rings. The first-order valence-corrected chi connectivity index (χ1v) is 7.34. The average molecular weight is 280 g/mol. The van der Waals surface area contributed by atoms with Crippen molar-refractivity contribution in [1.82, 2.24) is 10.2 Å². The third-order valence-electron chi connectivity index (χ3n) is 3.65. The molecule has 0 radical (unpaired) electrons. The first-order chi connectivity index (χ1) is 9.56. The first-order valence-electron chi connectivity index (χ1n) is 7.34. The van der Waals surface area contributed by atoms with Gasteiger partial charge in [0.05, 0.1) is 19.1 Å². The van der Waals surface area contributed by atoms with Crippen molar-refractivity contribution < 1.29 is 14.3 Å². The maximum Gasteiger partial charge on any atom is 0.225 e. The predicted molar refractivity (Wildman–Crippen MR) is 76.1 cm³/mol.